The normalized spacial score (nSPS) is 17.2. The molecule has 0 saturated carbocycles. The zero-order chi connectivity index (χ0) is 33.5. The number of aryl methyl sites for hydroxylation is 1. The van der Waals surface area contributed by atoms with Crippen molar-refractivity contribution in [3.63, 3.8) is 0 Å². The van der Waals surface area contributed by atoms with Crippen LogP contribution >= 0.6 is 11.3 Å². The van der Waals surface area contributed by atoms with Crippen LogP contribution in [0.3, 0.4) is 0 Å². The number of aliphatic hydroxyl groups excluding tert-OH is 1. The van der Waals surface area contributed by atoms with Crippen molar-refractivity contribution in [3.05, 3.63) is 41.0 Å². The van der Waals surface area contributed by atoms with Gasteiger partial charge in [0.2, 0.25) is 17.7 Å². The maximum Gasteiger partial charge on any atom is 0.246 e. The highest BCUT2D eigenvalue weighted by molar-refractivity contribution is 7.13. The van der Waals surface area contributed by atoms with Crippen molar-refractivity contribution in [1.29, 1.82) is 0 Å². The summed E-state index contributed by atoms with van der Waals surface area (Å²) in [4.78, 5) is 46.9. The Balaban J connectivity index is 1.45. The molecule has 5 N–H and O–H groups in total. The molecule has 1 aliphatic rings. The van der Waals surface area contributed by atoms with Gasteiger partial charge in [0, 0.05) is 25.9 Å². The monoisotopic (exact) mass is 655 g/mol. The van der Waals surface area contributed by atoms with Gasteiger partial charge < -0.3 is 26.4 Å². The zero-order valence-corrected chi connectivity index (χ0v) is 29.3. The Labute approximate surface area is 280 Å². The highest BCUT2D eigenvalue weighted by Gasteiger charge is 2.44. The maximum atomic E-state index is 13.8. The van der Waals surface area contributed by atoms with E-state index < -0.39 is 23.6 Å². The molecule has 3 atom stereocenters. The Morgan fingerprint density at radius 1 is 0.978 bits per heavy atom. The first kappa shape index (κ1) is 37.6. The summed E-state index contributed by atoms with van der Waals surface area (Å²) >= 11 is 1.59. The zero-order valence-electron chi connectivity index (χ0n) is 28.5. The molecule has 2 aromatic rings. The summed E-state index contributed by atoms with van der Waals surface area (Å²) in [7, 11) is 0. The average molecular weight is 656 g/mol. The number of β-amino-alcohol motifs (C(OH)–C–C–N with tert-alkyl or cyclic N) is 1. The van der Waals surface area contributed by atoms with Crippen molar-refractivity contribution in [2.24, 2.45) is 11.1 Å². The van der Waals surface area contributed by atoms with Crippen LogP contribution in [0.5, 0.6) is 0 Å². The van der Waals surface area contributed by atoms with Gasteiger partial charge in [0.15, 0.2) is 0 Å². The summed E-state index contributed by atoms with van der Waals surface area (Å²) in [6.45, 7) is 8.88. The van der Waals surface area contributed by atoms with Gasteiger partial charge in [-0.1, -0.05) is 103 Å². The summed E-state index contributed by atoms with van der Waals surface area (Å²) in [5.74, 6) is -0.786. The van der Waals surface area contributed by atoms with Crippen LogP contribution in [-0.4, -0.2) is 64.0 Å². The minimum atomic E-state index is -0.798. The molecule has 3 rings (SSSR count). The number of likely N-dealkylation sites (tertiary alicyclic amines) is 1. The van der Waals surface area contributed by atoms with Gasteiger partial charge in [-0.25, -0.2) is 4.98 Å². The van der Waals surface area contributed by atoms with E-state index in [0.717, 1.165) is 53.9 Å². The van der Waals surface area contributed by atoms with Crippen molar-refractivity contribution >= 4 is 29.1 Å². The molecular weight excluding hydrogens is 598 g/mol. The highest BCUT2D eigenvalue weighted by Crippen LogP contribution is 2.28. The Hall–Kier alpha value is -2.82. The first-order chi connectivity index (χ1) is 22.0. The van der Waals surface area contributed by atoms with Crippen LogP contribution in [0.15, 0.2) is 29.8 Å². The number of hydrogen-bond donors (Lipinski definition) is 4. The molecule has 2 heterocycles. The second-order valence-electron chi connectivity index (χ2n) is 13.9. The van der Waals surface area contributed by atoms with Gasteiger partial charge in [0.1, 0.15) is 12.1 Å². The standard InChI is InChI=1S/C36H57N5O4S/c1-26-32(46-25-39-26)28-19-17-27(18-20-28)23-38-34(44)30-22-29(42)24-41(30)35(45)33(36(2,3)4)40-31(43)16-14-12-10-8-6-5-7-9-11-13-15-21-37/h17-20,25,29-30,33,42H,5-16,21-24,37H2,1-4H3,(H,38,44)(H,40,43). The minimum Gasteiger partial charge on any atom is -0.391 e. The van der Waals surface area contributed by atoms with Crippen LogP contribution in [0, 0.1) is 12.3 Å². The molecule has 0 aliphatic carbocycles. The van der Waals surface area contributed by atoms with Gasteiger partial charge in [-0.2, -0.15) is 0 Å². The Kier molecular flexibility index (Phi) is 15.6. The average Bonchev–Trinajstić information content (AvgIpc) is 3.63. The number of unbranched alkanes of at least 4 members (excludes halogenated alkanes) is 10. The van der Waals surface area contributed by atoms with E-state index >= 15 is 0 Å². The lowest BCUT2D eigenvalue weighted by atomic mass is 9.85. The molecule has 1 aromatic heterocycles. The molecule has 0 bridgehead atoms. The molecule has 256 valence electrons. The van der Waals surface area contributed by atoms with Crippen LogP contribution in [0.2, 0.25) is 0 Å². The molecular formula is C36H57N5O4S. The first-order valence-corrected chi connectivity index (χ1v) is 18.1. The first-order valence-electron chi connectivity index (χ1n) is 17.3. The predicted octanol–water partition coefficient (Wildman–Crippen LogP) is 5.87. The Bertz CT molecular complexity index is 1230. The van der Waals surface area contributed by atoms with Gasteiger partial charge in [0.25, 0.3) is 0 Å². The van der Waals surface area contributed by atoms with E-state index in [4.69, 9.17) is 5.73 Å². The van der Waals surface area contributed by atoms with E-state index in [9.17, 15) is 19.5 Å². The van der Waals surface area contributed by atoms with E-state index in [1.807, 2.05) is 57.5 Å². The largest absolute Gasteiger partial charge is 0.391 e. The van der Waals surface area contributed by atoms with Crippen molar-refractivity contribution in [3.8, 4) is 10.4 Å². The molecule has 1 saturated heterocycles. The van der Waals surface area contributed by atoms with Crippen molar-refractivity contribution in [2.45, 2.75) is 136 Å². The van der Waals surface area contributed by atoms with Gasteiger partial charge in [0.05, 0.1) is 22.2 Å². The van der Waals surface area contributed by atoms with Crippen LogP contribution in [0.4, 0.5) is 0 Å². The lowest BCUT2D eigenvalue weighted by Crippen LogP contribution is -2.57. The molecule has 0 radical (unpaired) electrons. The summed E-state index contributed by atoms with van der Waals surface area (Å²) in [6.07, 6.45) is 12.5. The SMILES string of the molecule is Cc1ncsc1-c1ccc(CNC(=O)C2CC(O)CN2C(=O)C(NC(=O)CCCCCCCCCCCCCN)C(C)(C)C)cc1. The van der Waals surface area contributed by atoms with Crippen molar-refractivity contribution in [1.82, 2.24) is 20.5 Å². The van der Waals surface area contributed by atoms with Crippen LogP contribution in [-0.2, 0) is 20.9 Å². The quantitative estimate of drug-likeness (QED) is 0.140. The number of rotatable bonds is 19. The third-order valence-electron chi connectivity index (χ3n) is 8.82. The smallest absolute Gasteiger partial charge is 0.246 e. The fourth-order valence-corrected chi connectivity index (χ4v) is 6.85. The number of carbonyl (C=O) groups is 3. The van der Waals surface area contributed by atoms with Gasteiger partial charge in [-0.05, 0) is 42.9 Å². The van der Waals surface area contributed by atoms with E-state index in [0.29, 0.717) is 13.0 Å². The third kappa shape index (κ3) is 12.1. The second-order valence-corrected chi connectivity index (χ2v) is 14.7. The topological polar surface area (TPSA) is 138 Å². The summed E-state index contributed by atoms with van der Waals surface area (Å²) in [5.41, 5.74) is 9.81. The van der Waals surface area contributed by atoms with E-state index in [1.54, 1.807) is 11.3 Å². The maximum absolute atomic E-state index is 13.8. The Morgan fingerprint density at radius 3 is 2.11 bits per heavy atom. The van der Waals surface area contributed by atoms with E-state index in [2.05, 4.69) is 15.6 Å². The summed E-state index contributed by atoms with van der Waals surface area (Å²) < 4.78 is 0. The van der Waals surface area contributed by atoms with Gasteiger partial charge in [-0.15, -0.1) is 11.3 Å². The lowest BCUT2D eigenvalue weighted by Gasteiger charge is -2.35. The van der Waals surface area contributed by atoms with Crippen molar-refractivity contribution in [2.75, 3.05) is 13.1 Å². The summed E-state index contributed by atoms with van der Waals surface area (Å²) in [5, 5.41) is 16.4. The molecule has 3 unspecified atom stereocenters. The molecule has 0 spiro atoms. The molecule has 1 fully saturated rings. The number of carbonyl (C=O) groups excluding carboxylic acids is 3. The van der Waals surface area contributed by atoms with Crippen LogP contribution in [0.25, 0.3) is 10.4 Å². The second kappa shape index (κ2) is 19.1. The minimum absolute atomic E-state index is 0.0654. The number of hydrogen-bond acceptors (Lipinski definition) is 7. The fraction of sp³-hybridized carbons (Fsp3) is 0.667. The number of amides is 3. The molecule has 46 heavy (non-hydrogen) atoms. The molecule has 10 heteroatoms. The van der Waals surface area contributed by atoms with E-state index in [1.165, 1.54) is 49.8 Å². The lowest BCUT2D eigenvalue weighted by molar-refractivity contribution is -0.144. The molecule has 1 aromatic carbocycles. The molecule has 3 amide bonds. The number of nitrogens with two attached hydrogens (primary N) is 1. The number of aliphatic hydroxyl groups is 1. The van der Waals surface area contributed by atoms with Crippen molar-refractivity contribution < 1.29 is 19.5 Å². The number of aromatic nitrogens is 1. The number of thiazole rings is 1. The third-order valence-corrected chi connectivity index (χ3v) is 9.80. The molecule has 1 aliphatic heterocycles. The number of benzene rings is 1. The van der Waals surface area contributed by atoms with Crippen LogP contribution < -0.4 is 16.4 Å². The van der Waals surface area contributed by atoms with Crippen LogP contribution in [0.1, 0.15) is 115 Å². The predicted molar refractivity (Wildman–Crippen MR) is 186 cm³/mol. The number of nitrogens with one attached hydrogen (secondary N) is 2. The highest BCUT2D eigenvalue weighted by atomic mass is 32.1. The fourth-order valence-electron chi connectivity index (χ4n) is 6.03. The van der Waals surface area contributed by atoms with Gasteiger partial charge >= 0.3 is 0 Å². The number of nitrogens with zero attached hydrogens (tertiary/aromatic N) is 2. The summed E-state index contributed by atoms with van der Waals surface area (Å²) in [6, 6.07) is 6.38. The Morgan fingerprint density at radius 2 is 1.57 bits per heavy atom. The van der Waals surface area contributed by atoms with Gasteiger partial charge in [-0.3, -0.25) is 14.4 Å². The van der Waals surface area contributed by atoms with E-state index in [-0.39, 0.29) is 30.7 Å². The molecule has 9 nitrogen and oxygen atoms in total.